The number of rotatable bonds is 2. The highest BCUT2D eigenvalue weighted by Crippen LogP contribution is 2.21. The smallest absolute Gasteiger partial charge is 0.241 e. The number of amides is 1. The van der Waals surface area contributed by atoms with Gasteiger partial charge < -0.3 is 4.90 Å². The lowest BCUT2D eigenvalue weighted by molar-refractivity contribution is -0.116. The molecule has 14 heavy (non-hydrogen) atoms. The first kappa shape index (κ1) is 11.3. The van der Waals surface area contributed by atoms with Crippen LogP contribution in [0.4, 0.5) is 10.1 Å². The highest BCUT2D eigenvalue weighted by molar-refractivity contribution is 6.31. The molecule has 1 rings (SSSR count). The summed E-state index contributed by atoms with van der Waals surface area (Å²) in [5.74, 6) is -0.993. The minimum absolute atomic E-state index is 0.0282. The first-order chi connectivity index (χ1) is 6.56. The Labute approximate surface area is 91.2 Å². The maximum atomic E-state index is 13.0. The monoisotopic (exact) mass is 235 g/mol. The lowest BCUT2D eigenvalue weighted by Crippen LogP contribution is -2.27. The summed E-state index contributed by atoms with van der Waals surface area (Å²) in [5.41, 5.74) is 0.428. The minimum atomic E-state index is -0.557. The van der Waals surface area contributed by atoms with Gasteiger partial charge in [-0.05, 0) is 18.2 Å². The molecule has 0 aliphatic carbocycles. The molecular weight excluding hydrogens is 228 g/mol. The van der Waals surface area contributed by atoms with Gasteiger partial charge in [0.2, 0.25) is 5.91 Å². The summed E-state index contributed by atoms with van der Waals surface area (Å²) >= 11 is 10.9. The van der Waals surface area contributed by atoms with E-state index in [4.69, 9.17) is 23.2 Å². The molecule has 0 heterocycles. The molecule has 0 spiro atoms. The maximum absolute atomic E-state index is 13.0. The van der Waals surface area contributed by atoms with Crippen LogP contribution in [0.3, 0.4) is 0 Å². The van der Waals surface area contributed by atoms with Crippen molar-refractivity contribution in [3.05, 3.63) is 29.0 Å². The summed E-state index contributed by atoms with van der Waals surface area (Å²) in [6.07, 6.45) is 0. The lowest BCUT2D eigenvalue weighted by atomic mass is 10.3. The molecule has 0 saturated carbocycles. The van der Waals surface area contributed by atoms with Gasteiger partial charge in [0.15, 0.2) is 0 Å². The van der Waals surface area contributed by atoms with Crippen LogP contribution in [0.15, 0.2) is 18.2 Å². The summed E-state index contributed by atoms with van der Waals surface area (Å²) in [4.78, 5) is 12.4. The van der Waals surface area contributed by atoms with Crippen molar-refractivity contribution in [3.8, 4) is 0 Å². The first-order valence-corrected chi connectivity index (χ1v) is 4.75. The molecule has 0 aliphatic rings. The van der Waals surface area contributed by atoms with Crippen LogP contribution in [0, 0.1) is 5.82 Å². The van der Waals surface area contributed by atoms with E-state index in [1.54, 1.807) is 6.07 Å². The van der Waals surface area contributed by atoms with Crippen LogP contribution < -0.4 is 4.90 Å². The van der Waals surface area contributed by atoms with E-state index < -0.39 is 5.82 Å². The number of carbonyl (C=O) groups is 1. The van der Waals surface area contributed by atoms with E-state index in [-0.39, 0.29) is 16.8 Å². The van der Waals surface area contributed by atoms with Gasteiger partial charge in [-0.15, -0.1) is 11.6 Å². The van der Waals surface area contributed by atoms with Gasteiger partial charge in [-0.2, -0.15) is 0 Å². The summed E-state index contributed by atoms with van der Waals surface area (Å²) in [7, 11) is 1.52. The zero-order chi connectivity index (χ0) is 10.7. The Morgan fingerprint density at radius 1 is 1.57 bits per heavy atom. The number of hydrogen-bond donors (Lipinski definition) is 0. The molecule has 0 bridgehead atoms. The highest BCUT2D eigenvalue weighted by atomic mass is 35.5. The maximum Gasteiger partial charge on any atom is 0.241 e. The molecule has 0 N–H and O–H groups in total. The molecular formula is C9H8Cl2FNO. The quantitative estimate of drug-likeness (QED) is 0.723. The van der Waals surface area contributed by atoms with Gasteiger partial charge in [-0.25, -0.2) is 4.39 Å². The van der Waals surface area contributed by atoms with Gasteiger partial charge in [-0.3, -0.25) is 4.79 Å². The SMILES string of the molecule is CN(C(=O)CCl)c1ccc(Cl)c(F)c1. The van der Waals surface area contributed by atoms with Crippen molar-refractivity contribution in [2.24, 2.45) is 0 Å². The second-order valence-corrected chi connectivity index (χ2v) is 3.36. The third-order valence-corrected chi connectivity index (χ3v) is 2.31. The van der Waals surface area contributed by atoms with E-state index in [0.29, 0.717) is 5.69 Å². The van der Waals surface area contributed by atoms with Crippen LogP contribution in [-0.4, -0.2) is 18.8 Å². The molecule has 2 nitrogen and oxygen atoms in total. The fourth-order valence-electron chi connectivity index (χ4n) is 0.927. The number of anilines is 1. The van der Waals surface area contributed by atoms with Gasteiger partial charge >= 0.3 is 0 Å². The van der Waals surface area contributed by atoms with Crippen LogP contribution >= 0.6 is 23.2 Å². The minimum Gasteiger partial charge on any atom is -0.314 e. The molecule has 0 aliphatic heterocycles. The van der Waals surface area contributed by atoms with Crippen molar-refractivity contribution in [1.82, 2.24) is 0 Å². The second-order valence-electron chi connectivity index (χ2n) is 2.68. The average molecular weight is 236 g/mol. The molecule has 0 fully saturated rings. The highest BCUT2D eigenvalue weighted by Gasteiger charge is 2.10. The van der Waals surface area contributed by atoms with Crippen LogP contribution in [0.25, 0.3) is 0 Å². The predicted octanol–water partition coefficient (Wildman–Crippen LogP) is 2.68. The number of nitrogens with zero attached hydrogens (tertiary/aromatic N) is 1. The Bertz CT molecular complexity index is 357. The molecule has 0 unspecified atom stereocenters. The Kier molecular flexibility index (Phi) is 3.72. The Hall–Kier alpha value is -0.800. The normalized spacial score (nSPS) is 10.0. The molecule has 76 valence electrons. The summed E-state index contributed by atoms with van der Waals surface area (Å²) in [5, 5.41) is 0.0282. The number of alkyl halides is 1. The van der Waals surface area contributed by atoms with Gasteiger partial charge in [-0.1, -0.05) is 11.6 Å². The second kappa shape index (κ2) is 4.62. The molecule has 1 aromatic carbocycles. The van der Waals surface area contributed by atoms with Gasteiger partial charge in [0.05, 0.1) is 5.02 Å². The third-order valence-electron chi connectivity index (χ3n) is 1.78. The summed E-state index contributed by atoms with van der Waals surface area (Å²) in [6.45, 7) is 0. The van der Waals surface area contributed by atoms with Crippen molar-refractivity contribution in [1.29, 1.82) is 0 Å². The Balaban J connectivity index is 2.96. The molecule has 0 atom stereocenters. The lowest BCUT2D eigenvalue weighted by Gasteiger charge is -2.15. The average Bonchev–Trinajstić information content (AvgIpc) is 2.20. The number of hydrogen-bond acceptors (Lipinski definition) is 1. The van der Waals surface area contributed by atoms with Crippen molar-refractivity contribution >= 4 is 34.8 Å². The van der Waals surface area contributed by atoms with E-state index in [1.165, 1.54) is 24.1 Å². The van der Waals surface area contributed by atoms with Crippen molar-refractivity contribution in [2.75, 3.05) is 17.8 Å². The molecule has 1 amide bonds. The first-order valence-electron chi connectivity index (χ1n) is 3.84. The largest absolute Gasteiger partial charge is 0.314 e. The number of halogens is 3. The fraction of sp³-hybridized carbons (Fsp3) is 0.222. The zero-order valence-corrected chi connectivity index (χ0v) is 8.94. The summed E-state index contributed by atoms with van der Waals surface area (Å²) < 4.78 is 13.0. The van der Waals surface area contributed by atoms with Crippen LogP contribution in [0.2, 0.25) is 5.02 Å². The van der Waals surface area contributed by atoms with Crippen molar-refractivity contribution < 1.29 is 9.18 Å². The van der Waals surface area contributed by atoms with E-state index >= 15 is 0 Å². The van der Waals surface area contributed by atoms with Crippen molar-refractivity contribution in [2.45, 2.75) is 0 Å². The van der Waals surface area contributed by atoms with Gasteiger partial charge in [0.1, 0.15) is 11.7 Å². The molecule has 0 radical (unpaired) electrons. The third kappa shape index (κ3) is 2.36. The number of carbonyl (C=O) groups excluding carboxylic acids is 1. The van der Waals surface area contributed by atoms with Crippen LogP contribution in [0.1, 0.15) is 0 Å². The van der Waals surface area contributed by atoms with Crippen molar-refractivity contribution in [3.63, 3.8) is 0 Å². The van der Waals surface area contributed by atoms with E-state index in [1.807, 2.05) is 0 Å². The number of benzene rings is 1. The molecule has 0 aromatic heterocycles. The van der Waals surface area contributed by atoms with Gasteiger partial charge in [0.25, 0.3) is 0 Å². The zero-order valence-electron chi connectivity index (χ0n) is 7.43. The van der Waals surface area contributed by atoms with Crippen LogP contribution in [-0.2, 0) is 4.79 Å². The Morgan fingerprint density at radius 2 is 2.21 bits per heavy atom. The fourth-order valence-corrected chi connectivity index (χ4v) is 1.22. The molecule has 5 heteroatoms. The molecule has 1 aromatic rings. The molecule has 0 saturated heterocycles. The Morgan fingerprint density at radius 3 is 2.71 bits per heavy atom. The predicted molar refractivity (Wildman–Crippen MR) is 55.5 cm³/mol. The van der Waals surface area contributed by atoms with E-state index in [9.17, 15) is 9.18 Å². The van der Waals surface area contributed by atoms with E-state index in [2.05, 4.69) is 0 Å². The standard InChI is InChI=1S/C9H8Cl2FNO/c1-13(9(14)5-10)6-2-3-7(11)8(12)4-6/h2-4H,5H2,1H3. The topological polar surface area (TPSA) is 20.3 Å². The summed E-state index contributed by atoms with van der Waals surface area (Å²) in [6, 6.07) is 4.13. The van der Waals surface area contributed by atoms with Gasteiger partial charge in [0, 0.05) is 12.7 Å². The van der Waals surface area contributed by atoms with Crippen LogP contribution in [0.5, 0.6) is 0 Å². The van der Waals surface area contributed by atoms with E-state index in [0.717, 1.165) is 0 Å².